The number of hydrogen-bond acceptors (Lipinski definition) is 7. The topological polar surface area (TPSA) is 114 Å². The molecule has 2 aromatic carbocycles. The number of carbonyl (C=O) groups is 2. The van der Waals surface area contributed by atoms with E-state index in [-0.39, 0.29) is 31.2 Å². The number of para-hydroxylation sites is 1. The second-order valence-electron chi connectivity index (χ2n) is 11.7. The van der Waals surface area contributed by atoms with Crippen LogP contribution >= 0.6 is 0 Å². The Morgan fingerprint density at radius 3 is 2.36 bits per heavy atom. The molecule has 2 aliphatic rings. The second-order valence-corrected chi connectivity index (χ2v) is 11.7. The molecule has 238 valence electrons. The smallest absolute Gasteiger partial charge is 0.338 e. The summed E-state index contributed by atoms with van der Waals surface area (Å²) in [6.45, 7) is 4.29. The summed E-state index contributed by atoms with van der Waals surface area (Å²) in [5.41, 5.74) is 2.61. The van der Waals surface area contributed by atoms with Crippen molar-refractivity contribution in [2.45, 2.75) is 102 Å². The number of unbranched alkanes of at least 4 members (excludes halogenated alkanes) is 4. The van der Waals surface area contributed by atoms with Gasteiger partial charge in [0.15, 0.2) is 5.79 Å². The number of hydrogen-bond donors (Lipinski definition) is 3. The van der Waals surface area contributed by atoms with Crippen LogP contribution in [-0.4, -0.2) is 59.3 Å². The SMILES string of the molecule is CCCCCC1(CCCCC)OC2C=C(C(=O)NCCO)CC(OC(=O)c3ccc(C=CCc4ccccc4O)cc3)C2O1. The molecule has 3 N–H and O–H groups in total. The first-order valence-electron chi connectivity index (χ1n) is 16.1. The third-order valence-electron chi connectivity index (χ3n) is 8.23. The van der Waals surface area contributed by atoms with E-state index in [0.717, 1.165) is 62.5 Å². The molecular formula is C36H47NO7. The van der Waals surface area contributed by atoms with Gasteiger partial charge >= 0.3 is 5.97 Å². The van der Waals surface area contributed by atoms with Crippen molar-refractivity contribution in [3.8, 4) is 5.75 Å². The zero-order valence-electron chi connectivity index (χ0n) is 26.0. The van der Waals surface area contributed by atoms with E-state index in [1.165, 1.54) is 0 Å². The number of nitrogens with one attached hydrogen (secondary N) is 1. The number of ether oxygens (including phenoxy) is 3. The van der Waals surface area contributed by atoms with Gasteiger partial charge in [0.05, 0.1) is 12.2 Å². The molecule has 8 nitrogen and oxygen atoms in total. The monoisotopic (exact) mass is 605 g/mol. The van der Waals surface area contributed by atoms with E-state index < -0.39 is 30.1 Å². The zero-order valence-corrected chi connectivity index (χ0v) is 26.0. The van der Waals surface area contributed by atoms with Crippen LogP contribution in [0.3, 0.4) is 0 Å². The molecule has 1 heterocycles. The van der Waals surface area contributed by atoms with Gasteiger partial charge in [0.1, 0.15) is 24.1 Å². The first-order chi connectivity index (χ1) is 21.4. The van der Waals surface area contributed by atoms with Crippen molar-refractivity contribution in [1.82, 2.24) is 5.32 Å². The number of aliphatic hydroxyl groups is 1. The van der Waals surface area contributed by atoms with Gasteiger partial charge in [-0.2, -0.15) is 0 Å². The van der Waals surface area contributed by atoms with Crippen molar-refractivity contribution >= 4 is 18.0 Å². The van der Waals surface area contributed by atoms with Crippen molar-refractivity contribution in [3.63, 3.8) is 0 Å². The maximum Gasteiger partial charge on any atom is 0.338 e. The summed E-state index contributed by atoms with van der Waals surface area (Å²) in [4.78, 5) is 26.3. The molecule has 2 aromatic rings. The highest BCUT2D eigenvalue weighted by molar-refractivity contribution is 5.94. The third-order valence-corrected chi connectivity index (χ3v) is 8.23. The zero-order chi connectivity index (χ0) is 31.4. The van der Waals surface area contributed by atoms with E-state index in [1.54, 1.807) is 30.3 Å². The van der Waals surface area contributed by atoms with Crippen molar-refractivity contribution < 1.29 is 34.0 Å². The van der Waals surface area contributed by atoms with E-state index in [0.29, 0.717) is 17.6 Å². The van der Waals surface area contributed by atoms with Gasteiger partial charge < -0.3 is 29.7 Å². The number of benzene rings is 2. The summed E-state index contributed by atoms with van der Waals surface area (Å²) in [6, 6.07) is 14.4. The molecule has 0 saturated carbocycles. The Morgan fingerprint density at radius 2 is 1.70 bits per heavy atom. The minimum atomic E-state index is -0.775. The summed E-state index contributed by atoms with van der Waals surface area (Å²) in [5, 5.41) is 21.9. The number of aliphatic hydroxyl groups excluding tert-OH is 1. The number of phenols is 1. The van der Waals surface area contributed by atoms with Crippen LogP contribution < -0.4 is 5.32 Å². The minimum Gasteiger partial charge on any atom is -0.508 e. The van der Waals surface area contributed by atoms with Crippen LogP contribution in [0.5, 0.6) is 5.75 Å². The average molecular weight is 606 g/mol. The van der Waals surface area contributed by atoms with E-state index in [4.69, 9.17) is 14.2 Å². The Bertz CT molecular complexity index is 1280. The summed E-state index contributed by atoms with van der Waals surface area (Å²) in [5.74, 6) is -1.31. The van der Waals surface area contributed by atoms with Gasteiger partial charge in [0.25, 0.3) is 0 Å². The van der Waals surface area contributed by atoms with Crippen LogP contribution in [0.1, 0.15) is 93.1 Å². The molecular weight excluding hydrogens is 558 g/mol. The molecule has 0 aromatic heterocycles. The summed E-state index contributed by atoms with van der Waals surface area (Å²) >= 11 is 0. The lowest BCUT2D eigenvalue weighted by Gasteiger charge is -2.31. The summed E-state index contributed by atoms with van der Waals surface area (Å²) < 4.78 is 19.3. The quantitative estimate of drug-likeness (QED) is 0.153. The molecule has 3 atom stereocenters. The molecule has 1 amide bonds. The van der Waals surface area contributed by atoms with Crippen LogP contribution in [-0.2, 0) is 25.4 Å². The highest BCUT2D eigenvalue weighted by Gasteiger charge is 2.52. The van der Waals surface area contributed by atoms with E-state index in [9.17, 15) is 19.8 Å². The van der Waals surface area contributed by atoms with Crippen LogP contribution in [0.4, 0.5) is 0 Å². The first kappa shape index (κ1) is 33.4. The summed E-state index contributed by atoms with van der Waals surface area (Å²) in [6.07, 6.45) is 12.5. The Kier molecular flexibility index (Phi) is 12.6. The standard InChI is InChI=1S/C36H47NO7/c1-3-5-9-20-36(21-10-6-4-2)43-32-25-29(34(40)37-22-23-38)24-31(33(32)44-36)42-35(41)28-18-16-26(17-19-28)12-11-14-27-13-7-8-15-30(27)39/h7-8,11-13,15-19,25,31-33,38-39H,3-6,9-10,14,20-24H2,1-2H3,(H,37,40). The van der Waals surface area contributed by atoms with Gasteiger partial charge in [-0.1, -0.05) is 82.0 Å². The second kappa shape index (κ2) is 16.6. The van der Waals surface area contributed by atoms with Gasteiger partial charge in [0, 0.05) is 31.4 Å². The molecule has 1 saturated heterocycles. The Morgan fingerprint density at radius 1 is 1.00 bits per heavy atom. The van der Waals surface area contributed by atoms with E-state index >= 15 is 0 Å². The number of aromatic hydroxyl groups is 1. The van der Waals surface area contributed by atoms with Gasteiger partial charge in [-0.25, -0.2) is 4.79 Å². The fraction of sp³-hybridized carbons (Fsp3) is 0.500. The number of phenolic OH excluding ortho intramolecular Hbond substituents is 1. The lowest BCUT2D eigenvalue weighted by molar-refractivity contribution is -0.190. The first-order valence-corrected chi connectivity index (χ1v) is 16.1. The van der Waals surface area contributed by atoms with Gasteiger partial charge in [-0.3, -0.25) is 4.79 Å². The van der Waals surface area contributed by atoms with Gasteiger partial charge in [-0.05, 0) is 54.7 Å². The minimum absolute atomic E-state index is 0.136. The molecule has 8 heteroatoms. The van der Waals surface area contributed by atoms with E-state index in [1.807, 2.05) is 36.4 Å². The molecule has 3 unspecified atom stereocenters. The predicted octanol–water partition coefficient (Wildman–Crippen LogP) is 6.25. The van der Waals surface area contributed by atoms with Crippen LogP contribution in [0.15, 0.2) is 66.3 Å². The Balaban J connectivity index is 1.48. The van der Waals surface area contributed by atoms with Crippen molar-refractivity contribution in [2.24, 2.45) is 0 Å². The number of fused-ring (bicyclic) bond motifs is 1. The van der Waals surface area contributed by atoms with Crippen molar-refractivity contribution in [2.75, 3.05) is 13.2 Å². The largest absolute Gasteiger partial charge is 0.508 e. The lowest BCUT2D eigenvalue weighted by Crippen LogP contribution is -2.43. The van der Waals surface area contributed by atoms with Crippen LogP contribution in [0, 0.1) is 0 Å². The fourth-order valence-electron chi connectivity index (χ4n) is 5.82. The van der Waals surface area contributed by atoms with Crippen LogP contribution in [0.2, 0.25) is 0 Å². The average Bonchev–Trinajstić information content (AvgIpc) is 3.40. The van der Waals surface area contributed by atoms with Crippen molar-refractivity contribution in [3.05, 3.63) is 82.9 Å². The molecule has 1 fully saturated rings. The van der Waals surface area contributed by atoms with Gasteiger partial charge in [-0.15, -0.1) is 0 Å². The highest BCUT2D eigenvalue weighted by atomic mass is 16.8. The maximum absolute atomic E-state index is 13.4. The number of esters is 1. The fourth-order valence-corrected chi connectivity index (χ4v) is 5.82. The third kappa shape index (κ3) is 9.03. The Labute approximate surface area is 261 Å². The number of amides is 1. The normalized spacial score (nSPS) is 20.7. The molecule has 0 radical (unpaired) electrons. The van der Waals surface area contributed by atoms with Gasteiger partial charge in [0.2, 0.25) is 5.91 Å². The molecule has 1 aliphatic carbocycles. The van der Waals surface area contributed by atoms with Crippen LogP contribution in [0.25, 0.3) is 6.08 Å². The maximum atomic E-state index is 13.4. The van der Waals surface area contributed by atoms with E-state index in [2.05, 4.69) is 19.2 Å². The highest BCUT2D eigenvalue weighted by Crippen LogP contribution is 2.43. The number of rotatable bonds is 16. The Hall–Kier alpha value is -3.46. The molecule has 4 rings (SSSR count). The number of allylic oxidation sites excluding steroid dienone is 1. The molecule has 0 spiro atoms. The predicted molar refractivity (Wildman–Crippen MR) is 170 cm³/mol. The summed E-state index contributed by atoms with van der Waals surface area (Å²) in [7, 11) is 0. The number of carbonyl (C=O) groups excluding carboxylic acids is 2. The molecule has 0 bridgehead atoms. The molecule has 44 heavy (non-hydrogen) atoms. The lowest BCUT2D eigenvalue weighted by atomic mass is 9.91. The van der Waals surface area contributed by atoms with Crippen molar-refractivity contribution in [1.29, 1.82) is 0 Å². The molecule has 1 aliphatic heterocycles.